The van der Waals surface area contributed by atoms with Gasteiger partial charge in [-0.05, 0) is 35.7 Å². The topological polar surface area (TPSA) is 70.2 Å². The van der Waals surface area contributed by atoms with Crippen LogP contribution in [-0.2, 0) is 17.6 Å². The average molecular weight is 329 g/mol. The predicted molar refractivity (Wildman–Crippen MR) is 91.3 cm³/mol. The highest BCUT2D eigenvalue weighted by molar-refractivity contribution is 5.91. The van der Waals surface area contributed by atoms with Gasteiger partial charge in [-0.1, -0.05) is 30.3 Å². The van der Waals surface area contributed by atoms with E-state index in [0.29, 0.717) is 18.7 Å². The third-order valence-corrected chi connectivity index (χ3v) is 3.51. The highest BCUT2D eigenvalue weighted by Gasteiger charge is 2.09. The van der Waals surface area contributed by atoms with Gasteiger partial charge in [0.1, 0.15) is 5.82 Å². The van der Waals surface area contributed by atoms with Crippen LogP contribution in [0.2, 0.25) is 0 Å². The zero-order chi connectivity index (χ0) is 17.4. The molecule has 2 aromatic carbocycles. The number of carbonyl (C=O) groups is 2. The van der Waals surface area contributed by atoms with E-state index in [1.165, 1.54) is 12.1 Å². The van der Waals surface area contributed by atoms with Gasteiger partial charge in [0, 0.05) is 19.3 Å². The Morgan fingerprint density at radius 2 is 1.75 bits per heavy atom. The lowest BCUT2D eigenvalue weighted by Crippen LogP contribution is -2.31. The second kappa shape index (κ2) is 8.67. The van der Waals surface area contributed by atoms with Gasteiger partial charge < -0.3 is 16.0 Å². The van der Waals surface area contributed by atoms with Crippen LogP contribution >= 0.6 is 0 Å². The highest BCUT2D eigenvalue weighted by Crippen LogP contribution is 2.15. The van der Waals surface area contributed by atoms with Gasteiger partial charge in [-0.3, -0.25) is 4.79 Å². The van der Waals surface area contributed by atoms with E-state index in [9.17, 15) is 14.0 Å². The van der Waals surface area contributed by atoms with E-state index in [4.69, 9.17) is 0 Å². The maximum Gasteiger partial charge on any atom is 0.319 e. The smallest absolute Gasteiger partial charge is 0.319 e. The van der Waals surface area contributed by atoms with Crippen molar-refractivity contribution in [1.82, 2.24) is 10.6 Å². The van der Waals surface area contributed by atoms with Gasteiger partial charge >= 0.3 is 6.03 Å². The van der Waals surface area contributed by atoms with E-state index in [1.807, 2.05) is 6.07 Å². The zero-order valence-electron chi connectivity index (χ0n) is 13.4. The molecule has 0 aromatic heterocycles. The molecule has 0 spiro atoms. The molecular formula is C18H20FN3O2. The zero-order valence-corrected chi connectivity index (χ0v) is 13.4. The Morgan fingerprint density at radius 3 is 2.46 bits per heavy atom. The monoisotopic (exact) mass is 329 g/mol. The number of nitrogens with one attached hydrogen (secondary N) is 3. The van der Waals surface area contributed by atoms with Crippen LogP contribution in [-0.4, -0.2) is 25.5 Å². The van der Waals surface area contributed by atoms with Crippen LogP contribution in [0.1, 0.15) is 11.1 Å². The lowest BCUT2D eigenvalue weighted by atomic mass is 10.1. The maximum atomic E-state index is 12.8. The largest absolute Gasteiger partial charge is 0.359 e. The fourth-order valence-electron chi connectivity index (χ4n) is 2.20. The molecule has 6 heteroatoms. The fourth-order valence-corrected chi connectivity index (χ4v) is 2.20. The van der Waals surface area contributed by atoms with Gasteiger partial charge in [0.2, 0.25) is 5.91 Å². The van der Waals surface area contributed by atoms with Crippen molar-refractivity contribution < 1.29 is 14.0 Å². The quantitative estimate of drug-likeness (QED) is 0.762. The molecule has 5 nitrogen and oxygen atoms in total. The Balaban J connectivity index is 1.86. The maximum absolute atomic E-state index is 12.8. The first-order valence-electron chi connectivity index (χ1n) is 7.66. The molecule has 0 aliphatic carbocycles. The minimum Gasteiger partial charge on any atom is -0.359 e. The van der Waals surface area contributed by atoms with Crippen LogP contribution in [0, 0.1) is 5.82 Å². The normalized spacial score (nSPS) is 10.1. The van der Waals surface area contributed by atoms with E-state index >= 15 is 0 Å². The van der Waals surface area contributed by atoms with Crippen molar-refractivity contribution in [1.29, 1.82) is 0 Å². The van der Waals surface area contributed by atoms with Crippen LogP contribution in [0.4, 0.5) is 14.9 Å². The summed E-state index contributed by atoms with van der Waals surface area (Å²) in [4.78, 5) is 23.5. The first-order chi connectivity index (χ1) is 11.6. The Labute approximate surface area is 140 Å². The van der Waals surface area contributed by atoms with Gasteiger partial charge in [-0.25, -0.2) is 9.18 Å². The highest BCUT2D eigenvalue weighted by atomic mass is 19.1. The number of anilines is 1. The predicted octanol–water partition coefficient (Wildman–Crippen LogP) is 2.48. The van der Waals surface area contributed by atoms with Crippen LogP contribution < -0.4 is 16.0 Å². The molecule has 0 radical (unpaired) electrons. The van der Waals surface area contributed by atoms with E-state index < -0.39 is 0 Å². The van der Waals surface area contributed by atoms with Crippen LogP contribution in [0.3, 0.4) is 0 Å². The van der Waals surface area contributed by atoms with Gasteiger partial charge in [0.25, 0.3) is 0 Å². The summed E-state index contributed by atoms with van der Waals surface area (Å²) in [5.41, 5.74) is 2.28. The summed E-state index contributed by atoms with van der Waals surface area (Å²) < 4.78 is 12.8. The molecule has 0 aliphatic rings. The van der Waals surface area contributed by atoms with Gasteiger partial charge in [0.15, 0.2) is 0 Å². The van der Waals surface area contributed by atoms with Gasteiger partial charge in [-0.2, -0.15) is 0 Å². The summed E-state index contributed by atoms with van der Waals surface area (Å²) in [7, 11) is 1.57. The second-order valence-electron chi connectivity index (χ2n) is 5.26. The van der Waals surface area contributed by atoms with Crippen molar-refractivity contribution in [3.63, 3.8) is 0 Å². The first kappa shape index (κ1) is 17.5. The van der Waals surface area contributed by atoms with Crippen molar-refractivity contribution in [2.24, 2.45) is 0 Å². The molecule has 3 amide bonds. The number of hydrogen-bond donors (Lipinski definition) is 3. The average Bonchev–Trinajstić information content (AvgIpc) is 2.58. The summed E-state index contributed by atoms with van der Waals surface area (Å²) in [6.45, 7) is 0.426. The Bertz CT molecular complexity index is 702. The van der Waals surface area contributed by atoms with Gasteiger partial charge in [-0.15, -0.1) is 0 Å². The number of amides is 3. The number of halogens is 1. The molecule has 0 saturated carbocycles. The summed E-state index contributed by atoms with van der Waals surface area (Å²) in [6.07, 6.45) is 0.802. The standard InChI is InChI=1S/C18H20FN3O2/c1-20-17(23)12-14-4-2-3-5-16(14)22-18(24)21-11-10-13-6-8-15(19)9-7-13/h2-9H,10-12H2,1H3,(H,20,23)(H2,21,22,24). The van der Waals surface area contributed by atoms with E-state index in [2.05, 4.69) is 16.0 Å². The minimum atomic E-state index is -0.346. The minimum absolute atomic E-state index is 0.124. The first-order valence-corrected chi connectivity index (χ1v) is 7.66. The van der Waals surface area contributed by atoms with Crippen molar-refractivity contribution in [2.75, 3.05) is 18.9 Å². The molecule has 3 N–H and O–H groups in total. The van der Waals surface area contributed by atoms with Crippen LogP contribution in [0.5, 0.6) is 0 Å². The van der Waals surface area contributed by atoms with Crippen molar-refractivity contribution >= 4 is 17.6 Å². The number of urea groups is 1. The van der Waals surface area contributed by atoms with Crippen molar-refractivity contribution in [3.05, 3.63) is 65.5 Å². The van der Waals surface area contributed by atoms with E-state index in [1.54, 1.807) is 37.4 Å². The molecule has 0 heterocycles. The number of likely N-dealkylation sites (N-methyl/N-ethyl adjacent to an activating group) is 1. The molecular weight excluding hydrogens is 309 g/mol. The number of rotatable bonds is 6. The lowest BCUT2D eigenvalue weighted by molar-refractivity contribution is -0.119. The molecule has 0 aliphatic heterocycles. The SMILES string of the molecule is CNC(=O)Cc1ccccc1NC(=O)NCCc1ccc(F)cc1. The Morgan fingerprint density at radius 1 is 1.04 bits per heavy atom. The summed E-state index contributed by atoms with van der Waals surface area (Å²) in [6, 6.07) is 13.0. The number of para-hydroxylation sites is 1. The third kappa shape index (κ3) is 5.39. The Hall–Kier alpha value is -2.89. The van der Waals surface area contributed by atoms with E-state index in [-0.39, 0.29) is 24.2 Å². The molecule has 0 fully saturated rings. The lowest BCUT2D eigenvalue weighted by Gasteiger charge is -2.11. The number of benzene rings is 2. The number of hydrogen-bond acceptors (Lipinski definition) is 2. The molecule has 24 heavy (non-hydrogen) atoms. The Kier molecular flexibility index (Phi) is 6.31. The molecule has 0 atom stereocenters. The molecule has 126 valence electrons. The summed E-state index contributed by atoms with van der Waals surface area (Å²) in [5.74, 6) is -0.404. The molecule has 2 rings (SSSR count). The third-order valence-electron chi connectivity index (χ3n) is 3.51. The molecule has 0 saturated heterocycles. The van der Waals surface area contributed by atoms with Crippen molar-refractivity contribution in [2.45, 2.75) is 12.8 Å². The van der Waals surface area contributed by atoms with Crippen molar-refractivity contribution in [3.8, 4) is 0 Å². The van der Waals surface area contributed by atoms with Crippen LogP contribution in [0.25, 0.3) is 0 Å². The second-order valence-corrected chi connectivity index (χ2v) is 5.26. The number of carbonyl (C=O) groups excluding carboxylic acids is 2. The van der Waals surface area contributed by atoms with Crippen LogP contribution in [0.15, 0.2) is 48.5 Å². The van der Waals surface area contributed by atoms with Gasteiger partial charge in [0.05, 0.1) is 6.42 Å². The molecule has 0 bridgehead atoms. The van der Waals surface area contributed by atoms with E-state index in [0.717, 1.165) is 11.1 Å². The molecule has 0 unspecified atom stereocenters. The molecule has 2 aromatic rings. The summed E-state index contributed by atoms with van der Waals surface area (Å²) in [5, 5.41) is 8.05. The fraction of sp³-hybridized carbons (Fsp3) is 0.222. The summed E-state index contributed by atoms with van der Waals surface area (Å²) >= 11 is 0.